The molecule has 2 aromatic rings. The Morgan fingerprint density at radius 1 is 1.18 bits per heavy atom. The van der Waals surface area contributed by atoms with Gasteiger partial charge in [0, 0.05) is 25.3 Å². The van der Waals surface area contributed by atoms with E-state index in [4.69, 9.17) is 18.6 Å². The molecule has 1 aliphatic rings. The lowest BCUT2D eigenvalue weighted by Crippen LogP contribution is -2.36. The number of amides is 1. The van der Waals surface area contributed by atoms with Crippen molar-refractivity contribution in [2.24, 2.45) is 0 Å². The van der Waals surface area contributed by atoms with Gasteiger partial charge in [0.05, 0.1) is 0 Å². The summed E-state index contributed by atoms with van der Waals surface area (Å²) in [6.07, 6.45) is -4.82. The highest BCUT2D eigenvalue weighted by Gasteiger charge is 2.44. The molecule has 2 heterocycles. The van der Waals surface area contributed by atoms with E-state index in [0.717, 1.165) is 0 Å². The second-order valence-corrected chi connectivity index (χ2v) is 6.27. The van der Waals surface area contributed by atoms with Gasteiger partial charge in [-0.15, -0.1) is 0 Å². The van der Waals surface area contributed by atoms with Crippen LogP contribution < -0.4 is 15.7 Å². The number of carbonyl (C=O) groups is 2. The maximum atomic E-state index is 11.9. The molecule has 1 amide bonds. The lowest BCUT2D eigenvalue weighted by atomic mass is 10.1. The first-order valence-corrected chi connectivity index (χ1v) is 8.41. The van der Waals surface area contributed by atoms with Gasteiger partial charge in [-0.3, -0.25) is 9.59 Å². The molecule has 4 atom stereocenters. The molecule has 28 heavy (non-hydrogen) atoms. The van der Waals surface area contributed by atoms with Gasteiger partial charge in [0.25, 0.3) is 0 Å². The molecule has 10 heteroatoms. The first kappa shape index (κ1) is 19.8. The molecule has 150 valence electrons. The van der Waals surface area contributed by atoms with E-state index in [2.05, 4.69) is 5.32 Å². The number of nitrogens with one attached hydrogen (secondary N) is 1. The van der Waals surface area contributed by atoms with Crippen LogP contribution in [0.15, 0.2) is 33.5 Å². The van der Waals surface area contributed by atoms with Crippen molar-refractivity contribution in [3.05, 3.63) is 34.7 Å². The number of esters is 1. The molecule has 10 nitrogen and oxygen atoms in total. The third kappa shape index (κ3) is 4.30. The fourth-order valence-corrected chi connectivity index (χ4v) is 2.72. The average molecular weight is 393 g/mol. The fourth-order valence-electron chi connectivity index (χ4n) is 2.72. The summed E-state index contributed by atoms with van der Waals surface area (Å²) in [5.41, 5.74) is -0.519. The summed E-state index contributed by atoms with van der Waals surface area (Å²) in [5, 5.41) is 23.0. The number of fused-ring (bicyclic) bond motifs is 1. The summed E-state index contributed by atoms with van der Waals surface area (Å²) in [6, 6.07) is 6.01. The summed E-state index contributed by atoms with van der Waals surface area (Å²) >= 11 is 0. The monoisotopic (exact) mass is 393 g/mol. The van der Waals surface area contributed by atoms with Crippen molar-refractivity contribution in [3.63, 3.8) is 0 Å². The maximum Gasteiger partial charge on any atom is 0.360 e. The van der Waals surface area contributed by atoms with Crippen molar-refractivity contribution in [2.45, 2.75) is 38.4 Å². The number of aliphatic hydroxyl groups excluding tert-OH is 2. The zero-order valence-corrected chi connectivity index (χ0v) is 15.1. The molecule has 0 aliphatic carbocycles. The van der Waals surface area contributed by atoms with Crippen molar-refractivity contribution in [1.82, 2.24) is 0 Å². The van der Waals surface area contributed by atoms with E-state index in [-0.39, 0.29) is 23.6 Å². The molecule has 1 aromatic carbocycles. The van der Waals surface area contributed by atoms with Crippen LogP contribution in [-0.4, -0.2) is 53.3 Å². The highest BCUT2D eigenvalue weighted by Crippen LogP contribution is 2.27. The quantitative estimate of drug-likeness (QED) is 0.477. The highest BCUT2D eigenvalue weighted by molar-refractivity contribution is 5.91. The van der Waals surface area contributed by atoms with E-state index >= 15 is 0 Å². The van der Waals surface area contributed by atoms with Gasteiger partial charge in [-0.1, -0.05) is 0 Å². The number of aliphatic hydroxyl groups is 2. The van der Waals surface area contributed by atoms with Gasteiger partial charge in [0.2, 0.25) is 12.2 Å². The van der Waals surface area contributed by atoms with Crippen LogP contribution in [0.25, 0.3) is 11.0 Å². The van der Waals surface area contributed by atoms with Crippen LogP contribution in [0.5, 0.6) is 5.75 Å². The van der Waals surface area contributed by atoms with Gasteiger partial charge < -0.3 is 34.2 Å². The Morgan fingerprint density at radius 3 is 2.61 bits per heavy atom. The Labute approximate surface area is 158 Å². The van der Waals surface area contributed by atoms with Crippen molar-refractivity contribution < 1.29 is 38.4 Å². The third-order valence-electron chi connectivity index (χ3n) is 4.04. The van der Waals surface area contributed by atoms with Gasteiger partial charge in [0.1, 0.15) is 41.9 Å². The van der Waals surface area contributed by atoms with Crippen molar-refractivity contribution >= 4 is 28.5 Å². The van der Waals surface area contributed by atoms with Crippen LogP contribution in [0.3, 0.4) is 0 Å². The molecule has 3 N–H and O–H groups in total. The molecule has 3 rings (SSSR count). The molecule has 1 aromatic heterocycles. The Bertz CT molecular complexity index is 954. The molecule has 1 aliphatic heterocycles. The van der Waals surface area contributed by atoms with Crippen LogP contribution in [0, 0.1) is 0 Å². The number of ether oxygens (including phenoxy) is 3. The number of hydrogen-bond acceptors (Lipinski definition) is 9. The van der Waals surface area contributed by atoms with Crippen molar-refractivity contribution in [3.8, 4) is 5.75 Å². The standard InChI is InChI=1S/C18H19NO9/c1-8(20)19-12-5-10-3-4-11(6-13(10)27-17(12)24)26-18-16(23)15(22)14(28-18)7-25-9(2)21/h3-6,14-16,18,22-23H,7H2,1-2H3,(H,19,20). The Hall–Kier alpha value is -2.95. The normalized spacial score (nSPS) is 24.1. The third-order valence-corrected chi connectivity index (χ3v) is 4.04. The lowest BCUT2D eigenvalue weighted by Gasteiger charge is -2.17. The number of rotatable bonds is 5. The summed E-state index contributed by atoms with van der Waals surface area (Å²) in [6.45, 7) is 2.26. The van der Waals surface area contributed by atoms with E-state index in [1.807, 2.05) is 0 Å². The molecular weight excluding hydrogens is 374 g/mol. The van der Waals surface area contributed by atoms with Gasteiger partial charge in [-0.25, -0.2) is 4.79 Å². The summed E-state index contributed by atoms with van der Waals surface area (Å²) in [7, 11) is 0. The highest BCUT2D eigenvalue weighted by atomic mass is 16.7. The van der Waals surface area contributed by atoms with Crippen LogP contribution in [0.4, 0.5) is 5.69 Å². The smallest absolute Gasteiger partial charge is 0.360 e. The Morgan fingerprint density at radius 2 is 1.93 bits per heavy atom. The molecule has 1 fully saturated rings. The van der Waals surface area contributed by atoms with Gasteiger partial charge >= 0.3 is 11.6 Å². The van der Waals surface area contributed by atoms with Crippen LogP contribution in [-0.2, 0) is 19.1 Å². The minimum absolute atomic E-state index is 0.0136. The largest absolute Gasteiger partial charge is 0.463 e. The molecular formula is C18H19NO9. The lowest BCUT2D eigenvalue weighted by molar-refractivity contribution is -0.151. The molecule has 1 saturated heterocycles. The average Bonchev–Trinajstić information content (AvgIpc) is 2.88. The van der Waals surface area contributed by atoms with E-state index in [9.17, 15) is 24.6 Å². The second kappa shape index (κ2) is 7.97. The molecule has 0 saturated carbocycles. The van der Waals surface area contributed by atoms with E-state index < -0.39 is 42.1 Å². The van der Waals surface area contributed by atoms with Crippen molar-refractivity contribution in [2.75, 3.05) is 11.9 Å². The van der Waals surface area contributed by atoms with E-state index in [1.54, 1.807) is 12.1 Å². The van der Waals surface area contributed by atoms with Crippen LogP contribution in [0.2, 0.25) is 0 Å². The van der Waals surface area contributed by atoms with Gasteiger partial charge in [-0.05, 0) is 18.2 Å². The molecule has 0 radical (unpaired) electrons. The first-order valence-electron chi connectivity index (χ1n) is 8.41. The predicted molar refractivity (Wildman–Crippen MR) is 94.7 cm³/mol. The van der Waals surface area contributed by atoms with Gasteiger partial charge in [-0.2, -0.15) is 0 Å². The Balaban J connectivity index is 1.76. The number of hydrogen-bond donors (Lipinski definition) is 3. The minimum Gasteiger partial charge on any atom is -0.463 e. The van der Waals surface area contributed by atoms with E-state index in [0.29, 0.717) is 5.39 Å². The summed E-state index contributed by atoms with van der Waals surface area (Å²) < 4.78 is 20.9. The fraction of sp³-hybridized carbons (Fsp3) is 0.389. The van der Waals surface area contributed by atoms with E-state index in [1.165, 1.54) is 26.0 Å². The molecule has 0 bridgehead atoms. The number of carbonyl (C=O) groups excluding carboxylic acids is 2. The first-order chi connectivity index (χ1) is 13.2. The zero-order chi connectivity index (χ0) is 20.4. The Kier molecular flexibility index (Phi) is 5.63. The van der Waals surface area contributed by atoms with Gasteiger partial charge in [0.15, 0.2) is 0 Å². The summed E-state index contributed by atoms with van der Waals surface area (Å²) in [4.78, 5) is 33.9. The number of benzene rings is 1. The maximum absolute atomic E-state index is 11.9. The minimum atomic E-state index is -1.37. The zero-order valence-electron chi connectivity index (χ0n) is 15.1. The predicted octanol–water partition coefficient (Wildman–Crippen LogP) is 0.140. The molecule has 4 unspecified atom stereocenters. The second-order valence-electron chi connectivity index (χ2n) is 6.27. The van der Waals surface area contributed by atoms with Crippen molar-refractivity contribution in [1.29, 1.82) is 0 Å². The topological polar surface area (TPSA) is 145 Å². The van der Waals surface area contributed by atoms with Crippen LogP contribution in [0.1, 0.15) is 13.8 Å². The van der Waals surface area contributed by atoms with Crippen LogP contribution >= 0.6 is 0 Å². The molecule has 0 spiro atoms. The number of anilines is 1. The SMILES string of the molecule is CC(=O)Nc1cc2ccc(OC3OC(COC(C)=O)C(O)C3O)cc2oc1=O. The summed E-state index contributed by atoms with van der Waals surface area (Å²) in [5.74, 6) is -0.731.